The van der Waals surface area contributed by atoms with Crippen molar-refractivity contribution in [3.8, 4) is 0 Å². The van der Waals surface area contributed by atoms with E-state index < -0.39 is 0 Å². The van der Waals surface area contributed by atoms with E-state index in [2.05, 4.69) is 58.5 Å². The minimum atomic E-state index is 0.111. The minimum absolute atomic E-state index is 0.111. The zero-order valence-electron chi connectivity index (χ0n) is 12.7. The Labute approximate surface area is 145 Å². The molecule has 0 saturated heterocycles. The zero-order chi connectivity index (χ0) is 14.5. The predicted molar refractivity (Wildman–Crippen MR) is 95.4 cm³/mol. The van der Waals surface area contributed by atoms with E-state index in [4.69, 9.17) is 0 Å². The number of hydrogen-bond acceptors (Lipinski definition) is 0. The second-order valence-corrected chi connectivity index (χ2v) is 10.5. The third-order valence-corrected chi connectivity index (χ3v) is 7.75. The maximum atomic E-state index is 2.43. The fourth-order valence-corrected chi connectivity index (χ4v) is 6.39. The van der Waals surface area contributed by atoms with Gasteiger partial charge in [0.25, 0.3) is 0 Å². The number of rotatable bonds is 10. The molecule has 20 heavy (non-hydrogen) atoms. The Hall–Kier alpha value is 0.279. The van der Waals surface area contributed by atoms with Gasteiger partial charge in [-0.2, -0.15) is 0 Å². The first-order valence-electron chi connectivity index (χ1n) is 7.53. The van der Waals surface area contributed by atoms with Crippen LogP contribution in [0.3, 0.4) is 0 Å². The van der Waals surface area contributed by atoms with Crippen LogP contribution in [0.1, 0.15) is 50.7 Å². The molecule has 0 heterocycles. The molecule has 0 spiro atoms. The Balaban J connectivity index is 2.32. The third kappa shape index (κ3) is 9.26. The zero-order valence-corrected chi connectivity index (χ0v) is 17.3. The molecule has 110 valence electrons. The summed E-state index contributed by atoms with van der Waals surface area (Å²) in [4.78, 5) is 0. The molecule has 0 bridgehead atoms. The molecule has 0 unspecified atom stereocenters. The summed E-state index contributed by atoms with van der Waals surface area (Å²) < 4.78 is 7.76. The Morgan fingerprint density at radius 2 is 1.15 bits per heavy atom. The van der Waals surface area contributed by atoms with Crippen LogP contribution < -0.4 is 0 Å². The fourth-order valence-electron chi connectivity index (χ4n) is 1.56. The van der Waals surface area contributed by atoms with Crippen LogP contribution in [0.5, 0.6) is 0 Å². The Morgan fingerprint density at radius 1 is 0.750 bits per heavy atom. The monoisotopic (exact) mass is 502 g/mol. The molecular formula is C18H26Te2. The van der Waals surface area contributed by atoms with E-state index in [9.17, 15) is 0 Å². The molecule has 0 nitrogen and oxygen atoms in total. The molecule has 0 saturated carbocycles. The van der Waals surface area contributed by atoms with Gasteiger partial charge in [0.2, 0.25) is 0 Å². The molecule has 0 fully saturated rings. The van der Waals surface area contributed by atoms with E-state index >= 15 is 0 Å². The molecule has 0 atom stereocenters. The van der Waals surface area contributed by atoms with E-state index in [0.29, 0.717) is 0 Å². The Morgan fingerprint density at radius 3 is 1.50 bits per heavy atom. The molecule has 0 aliphatic heterocycles. The molecule has 1 aromatic carbocycles. The van der Waals surface area contributed by atoms with Crippen molar-refractivity contribution in [2.75, 3.05) is 0 Å². The Bertz CT molecular complexity index is 351. The van der Waals surface area contributed by atoms with Crippen LogP contribution >= 0.6 is 0 Å². The summed E-state index contributed by atoms with van der Waals surface area (Å²) in [5, 5.41) is 0. The fraction of sp³-hybridized carbons (Fsp3) is 0.444. The van der Waals surface area contributed by atoms with E-state index in [-0.39, 0.29) is 41.8 Å². The van der Waals surface area contributed by atoms with Crippen molar-refractivity contribution in [2.24, 2.45) is 0 Å². The number of unbranched alkanes of at least 4 members (excludes halogenated alkanes) is 2. The number of hydrogen-bond donors (Lipinski definition) is 0. The van der Waals surface area contributed by atoms with Gasteiger partial charge in [-0.25, -0.2) is 0 Å². The van der Waals surface area contributed by atoms with Gasteiger partial charge >= 0.3 is 146 Å². The van der Waals surface area contributed by atoms with Gasteiger partial charge in [-0.15, -0.1) is 0 Å². The molecule has 0 aromatic heterocycles. The molecule has 1 aromatic rings. The summed E-state index contributed by atoms with van der Waals surface area (Å²) in [6, 6.07) is 8.98. The SMILES string of the molecule is CCCC[Te]/C=C\c1ccc(/C=C\[Te]CCCC)cc1. The van der Waals surface area contributed by atoms with Gasteiger partial charge in [-0.05, 0) is 0 Å². The van der Waals surface area contributed by atoms with Crippen LogP contribution in [0.15, 0.2) is 32.5 Å². The van der Waals surface area contributed by atoms with Gasteiger partial charge in [0, 0.05) is 0 Å². The second kappa shape index (κ2) is 13.0. The van der Waals surface area contributed by atoms with E-state index in [1.807, 2.05) is 0 Å². The Kier molecular flexibility index (Phi) is 11.9. The molecule has 0 radical (unpaired) electrons. The average Bonchev–Trinajstić information content (AvgIpc) is 2.48. The van der Waals surface area contributed by atoms with Crippen molar-refractivity contribution in [1.29, 1.82) is 0 Å². The quantitative estimate of drug-likeness (QED) is 0.297. The van der Waals surface area contributed by atoms with Gasteiger partial charge in [0.05, 0.1) is 0 Å². The van der Waals surface area contributed by atoms with Crippen LogP contribution in [0, 0.1) is 0 Å². The number of benzene rings is 1. The molecular weight excluding hydrogens is 471 g/mol. The summed E-state index contributed by atoms with van der Waals surface area (Å²) in [6.07, 6.45) is 10.1. The van der Waals surface area contributed by atoms with Gasteiger partial charge < -0.3 is 0 Å². The van der Waals surface area contributed by atoms with Crippen LogP contribution in [-0.4, -0.2) is 41.8 Å². The van der Waals surface area contributed by atoms with Crippen molar-refractivity contribution >= 4 is 54.0 Å². The first kappa shape index (κ1) is 18.3. The molecule has 0 amide bonds. The average molecular weight is 498 g/mol. The second-order valence-electron chi connectivity index (χ2n) is 4.72. The summed E-state index contributed by atoms with van der Waals surface area (Å²) in [5.74, 6) is 0. The van der Waals surface area contributed by atoms with Crippen LogP contribution in [-0.2, 0) is 0 Å². The van der Waals surface area contributed by atoms with Crippen LogP contribution in [0.4, 0.5) is 0 Å². The van der Waals surface area contributed by atoms with E-state index in [1.165, 1.54) is 45.7 Å². The van der Waals surface area contributed by atoms with Crippen LogP contribution in [0.2, 0.25) is 8.94 Å². The van der Waals surface area contributed by atoms with Crippen molar-refractivity contribution in [3.63, 3.8) is 0 Å². The van der Waals surface area contributed by atoms with Gasteiger partial charge in [-0.3, -0.25) is 0 Å². The van der Waals surface area contributed by atoms with Gasteiger partial charge in [0.1, 0.15) is 0 Å². The summed E-state index contributed by atoms with van der Waals surface area (Å²) in [5.41, 5.74) is 2.71. The van der Waals surface area contributed by atoms with Crippen LogP contribution in [0.25, 0.3) is 12.2 Å². The molecule has 0 aliphatic rings. The topological polar surface area (TPSA) is 0 Å². The van der Waals surface area contributed by atoms with E-state index in [1.54, 1.807) is 0 Å². The van der Waals surface area contributed by atoms with Crippen molar-refractivity contribution < 1.29 is 0 Å². The van der Waals surface area contributed by atoms with Crippen molar-refractivity contribution in [1.82, 2.24) is 0 Å². The van der Waals surface area contributed by atoms with E-state index in [0.717, 1.165) is 0 Å². The first-order valence-corrected chi connectivity index (χ1v) is 13.5. The first-order chi connectivity index (χ1) is 9.86. The normalized spacial score (nSPS) is 11.7. The van der Waals surface area contributed by atoms with Crippen molar-refractivity contribution in [3.05, 3.63) is 43.6 Å². The molecule has 0 N–H and O–H groups in total. The molecule has 2 heteroatoms. The maximum absolute atomic E-state index is 2.43. The van der Waals surface area contributed by atoms with Gasteiger partial charge in [0.15, 0.2) is 0 Å². The van der Waals surface area contributed by atoms with Gasteiger partial charge in [-0.1, -0.05) is 0 Å². The standard InChI is InChI=1S/C18H26Te2/c1-3-5-13-19-15-11-17-7-9-18(10-8-17)12-16-20-14-6-4-2/h7-12,15-16H,3-6,13-14H2,1-2H3/b15-11-,16-12-. The third-order valence-electron chi connectivity index (χ3n) is 2.88. The molecule has 1 rings (SSSR count). The summed E-state index contributed by atoms with van der Waals surface area (Å²) >= 11 is 0.221. The summed E-state index contributed by atoms with van der Waals surface area (Å²) in [7, 11) is 0. The molecule has 0 aliphatic carbocycles. The predicted octanol–water partition coefficient (Wildman–Crippen LogP) is 5.47. The summed E-state index contributed by atoms with van der Waals surface area (Å²) in [6.45, 7) is 4.54. The van der Waals surface area contributed by atoms with Crippen molar-refractivity contribution in [2.45, 2.75) is 48.5 Å².